The number of carbonyl (C=O) groups is 2. The van der Waals surface area contributed by atoms with Gasteiger partial charge in [0.05, 0.1) is 6.04 Å². The number of hydrogen-bond donors (Lipinski definition) is 1. The van der Waals surface area contributed by atoms with Crippen LogP contribution in [0.2, 0.25) is 0 Å². The number of anilines is 1. The zero-order chi connectivity index (χ0) is 14.3. The van der Waals surface area contributed by atoms with Crippen LogP contribution >= 0.6 is 0 Å². The molecule has 1 unspecified atom stereocenters. The Bertz CT molecular complexity index is 576. The quantitative estimate of drug-likeness (QED) is 0.803. The Balaban J connectivity index is 1.91. The number of amides is 2. The van der Waals surface area contributed by atoms with Crippen LogP contribution in [0.25, 0.3) is 0 Å². The number of urea groups is 1. The highest BCUT2D eigenvalue weighted by atomic mass is 19.1. The molecule has 1 N–H and O–H groups in total. The largest absolute Gasteiger partial charge is 0.462 e. The van der Waals surface area contributed by atoms with Gasteiger partial charge in [-0.1, -0.05) is 0 Å². The standard InChI is InChI=1S/C14H15FN2O3/c1-8(18)20-10-4-5-17-13(7-10)11-6-9(15)2-3-12(11)16-14(17)19/h2-3,6,10,13H,4-5,7H2,1H3,(H,16,19)/t10?,13-/m0/s1. The van der Waals surface area contributed by atoms with Gasteiger partial charge in [-0.25, -0.2) is 9.18 Å². The average molecular weight is 278 g/mol. The maximum absolute atomic E-state index is 13.4. The first-order valence-electron chi connectivity index (χ1n) is 6.59. The van der Waals surface area contributed by atoms with Crippen LogP contribution in [0.1, 0.15) is 31.4 Å². The van der Waals surface area contributed by atoms with Gasteiger partial charge in [0.1, 0.15) is 11.9 Å². The molecular weight excluding hydrogens is 263 g/mol. The van der Waals surface area contributed by atoms with Gasteiger partial charge in [-0.2, -0.15) is 0 Å². The van der Waals surface area contributed by atoms with Crippen molar-refractivity contribution in [3.05, 3.63) is 29.6 Å². The average Bonchev–Trinajstić information content (AvgIpc) is 2.39. The van der Waals surface area contributed by atoms with Gasteiger partial charge in [0.2, 0.25) is 0 Å². The van der Waals surface area contributed by atoms with Crippen LogP contribution in [0.15, 0.2) is 18.2 Å². The van der Waals surface area contributed by atoms with Gasteiger partial charge in [-0.15, -0.1) is 0 Å². The molecule has 1 aromatic rings. The molecule has 1 fully saturated rings. The number of hydrogen-bond acceptors (Lipinski definition) is 3. The third kappa shape index (κ3) is 2.21. The Morgan fingerprint density at radius 2 is 2.30 bits per heavy atom. The van der Waals surface area contributed by atoms with Crippen molar-refractivity contribution in [3.8, 4) is 0 Å². The third-order valence-corrected chi connectivity index (χ3v) is 3.76. The third-order valence-electron chi connectivity index (χ3n) is 3.76. The molecule has 1 aromatic carbocycles. The van der Waals surface area contributed by atoms with E-state index in [-0.39, 0.29) is 30.0 Å². The molecule has 0 radical (unpaired) electrons. The molecule has 20 heavy (non-hydrogen) atoms. The Morgan fingerprint density at radius 3 is 3.05 bits per heavy atom. The van der Waals surface area contributed by atoms with Crippen LogP contribution in [0.5, 0.6) is 0 Å². The van der Waals surface area contributed by atoms with Crippen molar-refractivity contribution in [3.63, 3.8) is 0 Å². The van der Waals surface area contributed by atoms with E-state index in [0.29, 0.717) is 25.1 Å². The maximum Gasteiger partial charge on any atom is 0.322 e. The van der Waals surface area contributed by atoms with Crippen molar-refractivity contribution in [2.45, 2.75) is 31.9 Å². The molecular formula is C14H15FN2O3. The van der Waals surface area contributed by atoms with Crippen LogP contribution in [-0.4, -0.2) is 29.5 Å². The lowest BCUT2D eigenvalue weighted by Gasteiger charge is -2.42. The molecule has 2 aliphatic heterocycles. The van der Waals surface area contributed by atoms with E-state index in [2.05, 4.69) is 5.32 Å². The Kier molecular flexibility index (Phi) is 3.08. The number of fused-ring (bicyclic) bond motifs is 3. The van der Waals surface area contributed by atoms with E-state index in [0.717, 1.165) is 5.56 Å². The van der Waals surface area contributed by atoms with Crippen LogP contribution in [-0.2, 0) is 9.53 Å². The molecule has 0 bridgehead atoms. The van der Waals surface area contributed by atoms with E-state index in [1.807, 2.05) is 0 Å². The molecule has 0 spiro atoms. The van der Waals surface area contributed by atoms with E-state index < -0.39 is 0 Å². The number of nitrogens with zero attached hydrogens (tertiary/aromatic N) is 1. The van der Waals surface area contributed by atoms with Crippen LogP contribution in [0.3, 0.4) is 0 Å². The fraction of sp³-hybridized carbons (Fsp3) is 0.429. The van der Waals surface area contributed by atoms with Crippen LogP contribution in [0.4, 0.5) is 14.9 Å². The molecule has 5 nitrogen and oxygen atoms in total. The number of piperidine rings is 1. The summed E-state index contributed by atoms with van der Waals surface area (Å²) in [6.07, 6.45) is 0.883. The molecule has 0 saturated carbocycles. The topological polar surface area (TPSA) is 58.6 Å². The molecule has 106 valence electrons. The van der Waals surface area contributed by atoms with Gasteiger partial charge in [0, 0.05) is 37.6 Å². The van der Waals surface area contributed by atoms with Crippen molar-refractivity contribution in [1.82, 2.24) is 4.90 Å². The number of nitrogens with one attached hydrogen (secondary N) is 1. The molecule has 2 amide bonds. The highest BCUT2D eigenvalue weighted by Crippen LogP contribution is 2.39. The van der Waals surface area contributed by atoms with E-state index in [1.54, 1.807) is 11.0 Å². The van der Waals surface area contributed by atoms with Crippen molar-refractivity contribution in [2.75, 3.05) is 11.9 Å². The lowest BCUT2D eigenvalue weighted by atomic mass is 9.90. The summed E-state index contributed by atoms with van der Waals surface area (Å²) in [7, 11) is 0. The fourth-order valence-corrected chi connectivity index (χ4v) is 2.92. The van der Waals surface area contributed by atoms with E-state index in [1.165, 1.54) is 19.1 Å². The highest BCUT2D eigenvalue weighted by molar-refractivity contribution is 5.93. The summed E-state index contributed by atoms with van der Waals surface area (Å²) in [5.41, 5.74) is 1.36. The summed E-state index contributed by atoms with van der Waals surface area (Å²) >= 11 is 0. The molecule has 1 saturated heterocycles. The molecule has 2 atom stereocenters. The Hall–Kier alpha value is -2.11. The predicted octanol–water partition coefficient (Wildman–Crippen LogP) is 2.44. The van der Waals surface area contributed by atoms with Crippen molar-refractivity contribution in [2.24, 2.45) is 0 Å². The van der Waals surface area contributed by atoms with Gasteiger partial charge in [-0.05, 0) is 18.2 Å². The summed E-state index contributed by atoms with van der Waals surface area (Å²) in [5, 5.41) is 2.75. The Morgan fingerprint density at radius 1 is 1.50 bits per heavy atom. The number of benzene rings is 1. The van der Waals surface area contributed by atoms with Gasteiger partial charge >= 0.3 is 12.0 Å². The minimum absolute atomic E-state index is 0.185. The number of ether oxygens (including phenoxy) is 1. The summed E-state index contributed by atoms with van der Waals surface area (Å²) in [6, 6.07) is 3.89. The normalized spacial score (nSPS) is 24.5. The summed E-state index contributed by atoms with van der Waals surface area (Å²) in [6.45, 7) is 1.86. The molecule has 0 aliphatic carbocycles. The predicted molar refractivity (Wildman–Crippen MR) is 69.7 cm³/mol. The monoisotopic (exact) mass is 278 g/mol. The van der Waals surface area contributed by atoms with Gasteiger partial charge < -0.3 is 15.0 Å². The van der Waals surface area contributed by atoms with Gasteiger partial charge in [0.25, 0.3) is 0 Å². The second kappa shape index (κ2) is 4.77. The second-order valence-corrected chi connectivity index (χ2v) is 5.13. The van der Waals surface area contributed by atoms with E-state index in [9.17, 15) is 14.0 Å². The van der Waals surface area contributed by atoms with E-state index in [4.69, 9.17) is 4.74 Å². The fourth-order valence-electron chi connectivity index (χ4n) is 2.92. The molecule has 3 rings (SSSR count). The zero-order valence-electron chi connectivity index (χ0n) is 11.1. The first-order valence-corrected chi connectivity index (χ1v) is 6.59. The van der Waals surface area contributed by atoms with Crippen molar-refractivity contribution >= 4 is 17.7 Å². The number of carbonyl (C=O) groups excluding carboxylic acids is 2. The Labute approximate surface area is 115 Å². The molecule has 0 aromatic heterocycles. The van der Waals surface area contributed by atoms with Crippen LogP contribution in [0, 0.1) is 5.82 Å². The van der Waals surface area contributed by atoms with E-state index >= 15 is 0 Å². The lowest BCUT2D eigenvalue weighted by Crippen LogP contribution is -2.48. The van der Waals surface area contributed by atoms with Gasteiger partial charge in [-0.3, -0.25) is 4.79 Å². The smallest absolute Gasteiger partial charge is 0.322 e. The summed E-state index contributed by atoms with van der Waals surface area (Å²) in [5.74, 6) is -0.669. The summed E-state index contributed by atoms with van der Waals surface area (Å²) in [4.78, 5) is 24.7. The first kappa shape index (κ1) is 12.9. The highest BCUT2D eigenvalue weighted by Gasteiger charge is 2.38. The van der Waals surface area contributed by atoms with Crippen LogP contribution < -0.4 is 5.32 Å². The van der Waals surface area contributed by atoms with Crippen molar-refractivity contribution < 1.29 is 18.7 Å². The first-order chi connectivity index (χ1) is 9.54. The molecule has 6 heteroatoms. The van der Waals surface area contributed by atoms with Crippen molar-refractivity contribution in [1.29, 1.82) is 0 Å². The lowest BCUT2D eigenvalue weighted by molar-refractivity contribution is -0.149. The minimum atomic E-state index is -0.338. The number of halogens is 1. The second-order valence-electron chi connectivity index (χ2n) is 5.13. The summed E-state index contributed by atoms with van der Waals surface area (Å²) < 4.78 is 18.7. The maximum atomic E-state index is 13.4. The zero-order valence-corrected chi connectivity index (χ0v) is 11.1. The molecule has 2 aliphatic rings. The number of esters is 1. The number of rotatable bonds is 1. The SMILES string of the molecule is CC(=O)OC1CCN2C(=O)Nc3ccc(F)cc3[C@@H]2C1. The van der Waals surface area contributed by atoms with Gasteiger partial charge in [0.15, 0.2) is 0 Å². The minimum Gasteiger partial charge on any atom is -0.462 e. The molecule has 2 heterocycles.